The SMILES string of the molecule is COC(=Cc1ccccc1)C(=O)NN. The summed E-state index contributed by atoms with van der Waals surface area (Å²) in [4.78, 5) is 11.1. The standard InChI is InChI=1S/C10H12N2O2/c1-14-9(10(13)12-11)7-8-5-3-2-4-6-8/h2-7H,11H2,1H3,(H,12,13). The lowest BCUT2D eigenvalue weighted by Crippen LogP contribution is -2.31. The maximum Gasteiger partial charge on any atom is 0.300 e. The zero-order valence-corrected chi connectivity index (χ0v) is 7.86. The van der Waals surface area contributed by atoms with E-state index in [1.807, 2.05) is 35.8 Å². The van der Waals surface area contributed by atoms with Crippen molar-refractivity contribution in [3.63, 3.8) is 0 Å². The summed E-state index contributed by atoms with van der Waals surface area (Å²) in [5.41, 5.74) is 2.89. The van der Waals surface area contributed by atoms with Crippen LogP contribution >= 0.6 is 0 Å². The van der Waals surface area contributed by atoms with Crippen LogP contribution in [-0.2, 0) is 9.53 Å². The Balaban J connectivity index is 2.89. The third-order valence-electron chi connectivity index (χ3n) is 1.67. The Hall–Kier alpha value is -1.81. The molecular weight excluding hydrogens is 180 g/mol. The molecule has 0 spiro atoms. The van der Waals surface area contributed by atoms with Crippen LogP contribution in [0, 0.1) is 0 Å². The summed E-state index contributed by atoms with van der Waals surface area (Å²) in [7, 11) is 1.42. The Morgan fingerprint density at radius 2 is 2.07 bits per heavy atom. The molecule has 0 atom stereocenters. The number of carbonyl (C=O) groups excluding carboxylic acids is 1. The minimum Gasteiger partial charge on any atom is -0.491 e. The summed E-state index contributed by atoms with van der Waals surface area (Å²) in [5, 5.41) is 0. The van der Waals surface area contributed by atoms with Gasteiger partial charge in [0.05, 0.1) is 7.11 Å². The lowest BCUT2D eigenvalue weighted by molar-refractivity contribution is -0.120. The Morgan fingerprint density at radius 1 is 1.43 bits per heavy atom. The highest BCUT2D eigenvalue weighted by atomic mass is 16.5. The quantitative estimate of drug-likeness (QED) is 0.243. The predicted molar refractivity (Wildman–Crippen MR) is 53.8 cm³/mol. The topological polar surface area (TPSA) is 64.3 Å². The molecule has 0 fully saturated rings. The van der Waals surface area contributed by atoms with Crippen molar-refractivity contribution in [2.24, 2.45) is 5.84 Å². The average molecular weight is 192 g/mol. The van der Waals surface area contributed by atoms with E-state index in [1.165, 1.54) is 7.11 Å². The highest BCUT2D eigenvalue weighted by Gasteiger charge is 2.06. The summed E-state index contributed by atoms with van der Waals surface area (Å²) < 4.78 is 4.88. The molecule has 0 bridgehead atoms. The van der Waals surface area contributed by atoms with Crippen molar-refractivity contribution in [1.82, 2.24) is 5.43 Å². The van der Waals surface area contributed by atoms with E-state index in [0.29, 0.717) is 0 Å². The fourth-order valence-electron chi connectivity index (χ4n) is 0.989. The van der Waals surface area contributed by atoms with Crippen LogP contribution in [-0.4, -0.2) is 13.0 Å². The summed E-state index contributed by atoms with van der Waals surface area (Å²) in [5.74, 6) is 4.71. The highest BCUT2D eigenvalue weighted by molar-refractivity contribution is 5.95. The van der Waals surface area contributed by atoms with E-state index in [1.54, 1.807) is 6.08 Å². The third-order valence-corrected chi connectivity index (χ3v) is 1.67. The fraction of sp³-hybridized carbons (Fsp3) is 0.100. The second-order valence-electron chi connectivity index (χ2n) is 2.60. The molecule has 4 nitrogen and oxygen atoms in total. The minimum absolute atomic E-state index is 0.179. The molecule has 0 aliphatic carbocycles. The number of amides is 1. The first-order valence-electron chi connectivity index (χ1n) is 4.09. The molecule has 0 saturated heterocycles. The molecule has 4 heteroatoms. The summed E-state index contributed by atoms with van der Waals surface area (Å²) >= 11 is 0. The minimum atomic E-state index is -0.448. The number of nitrogens with two attached hydrogens (primary N) is 1. The number of methoxy groups -OCH3 is 1. The molecule has 1 aromatic rings. The Morgan fingerprint density at radius 3 is 2.57 bits per heavy atom. The van der Waals surface area contributed by atoms with E-state index in [-0.39, 0.29) is 5.76 Å². The second kappa shape index (κ2) is 5.04. The van der Waals surface area contributed by atoms with Crippen LogP contribution in [0.25, 0.3) is 6.08 Å². The summed E-state index contributed by atoms with van der Waals surface area (Å²) in [6.45, 7) is 0. The molecule has 1 aromatic carbocycles. The van der Waals surface area contributed by atoms with Crippen molar-refractivity contribution in [1.29, 1.82) is 0 Å². The number of hydrazine groups is 1. The van der Waals surface area contributed by atoms with Crippen molar-refractivity contribution in [2.75, 3.05) is 7.11 Å². The van der Waals surface area contributed by atoms with Crippen LogP contribution < -0.4 is 11.3 Å². The van der Waals surface area contributed by atoms with Gasteiger partial charge in [0.1, 0.15) is 0 Å². The highest BCUT2D eigenvalue weighted by Crippen LogP contribution is 2.06. The predicted octanol–water partition coefficient (Wildman–Crippen LogP) is 0.664. The number of ether oxygens (including phenoxy) is 1. The fourth-order valence-corrected chi connectivity index (χ4v) is 0.989. The van der Waals surface area contributed by atoms with Crippen molar-refractivity contribution < 1.29 is 9.53 Å². The van der Waals surface area contributed by atoms with E-state index in [4.69, 9.17) is 10.6 Å². The lowest BCUT2D eigenvalue weighted by atomic mass is 10.2. The molecule has 0 heterocycles. The van der Waals surface area contributed by atoms with E-state index in [9.17, 15) is 4.79 Å². The molecule has 0 aliphatic rings. The molecule has 3 N–H and O–H groups in total. The molecule has 0 radical (unpaired) electrons. The first kappa shape index (κ1) is 10.3. The van der Waals surface area contributed by atoms with Crippen LogP contribution in [0.15, 0.2) is 36.1 Å². The van der Waals surface area contributed by atoms with Gasteiger partial charge in [-0.05, 0) is 11.6 Å². The van der Waals surface area contributed by atoms with Gasteiger partial charge in [0.2, 0.25) is 0 Å². The molecule has 0 saturated carbocycles. The molecule has 0 aliphatic heterocycles. The number of hydrogen-bond acceptors (Lipinski definition) is 3. The Bertz CT molecular complexity index is 333. The van der Waals surface area contributed by atoms with Gasteiger partial charge in [-0.1, -0.05) is 30.3 Å². The molecule has 0 aromatic heterocycles. The van der Waals surface area contributed by atoms with Crippen LogP contribution in [0.4, 0.5) is 0 Å². The first-order valence-corrected chi connectivity index (χ1v) is 4.09. The van der Waals surface area contributed by atoms with Gasteiger partial charge in [-0.2, -0.15) is 0 Å². The van der Waals surface area contributed by atoms with Gasteiger partial charge in [0, 0.05) is 0 Å². The number of rotatable bonds is 3. The van der Waals surface area contributed by atoms with Gasteiger partial charge in [-0.15, -0.1) is 0 Å². The van der Waals surface area contributed by atoms with Crippen LogP contribution in [0.5, 0.6) is 0 Å². The number of carbonyl (C=O) groups is 1. The molecule has 0 unspecified atom stereocenters. The van der Waals surface area contributed by atoms with Crippen molar-refractivity contribution in [3.8, 4) is 0 Å². The smallest absolute Gasteiger partial charge is 0.300 e. The number of benzene rings is 1. The Labute approximate surface area is 82.3 Å². The zero-order valence-electron chi connectivity index (χ0n) is 7.86. The first-order chi connectivity index (χ1) is 6.77. The van der Waals surface area contributed by atoms with E-state index >= 15 is 0 Å². The lowest BCUT2D eigenvalue weighted by Gasteiger charge is -2.03. The van der Waals surface area contributed by atoms with Crippen molar-refractivity contribution in [2.45, 2.75) is 0 Å². The normalized spacial score (nSPS) is 10.9. The second-order valence-corrected chi connectivity index (χ2v) is 2.60. The van der Waals surface area contributed by atoms with Gasteiger partial charge in [0.25, 0.3) is 5.91 Å². The molecule has 1 rings (SSSR count). The van der Waals surface area contributed by atoms with Gasteiger partial charge >= 0.3 is 0 Å². The summed E-state index contributed by atoms with van der Waals surface area (Å²) in [6.07, 6.45) is 1.61. The largest absolute Gasteiger partial charge is 0.491 e. The van der Waals surface area contributed by atoms with Gasteiger partial charge < -0.3 is 4.74 Å². The molecular formula is C10H12N2O2. The van der Waals surface area contributed by atoms with Crippen molar-refractivity contribution >= 4 is 12.0 Å². The van der Waals surface area contributed by atoms with E-state index in [0.717, 1.165) is 5.56 Å². The van der Waals surface area contributed by atoms with Crippen LogP contribution in [0.1, 0.15) is 5.56 Å². The van der Waals surface area contributed by atoms with Crippen molar-refractivity contribution in [3.05, 3.63) is 41.7 Å². The van der Waals surface area contributed by atoms with E-state index in [2.05, 4.69) is 0 Å². The van der Waals surface area contributed by atoms with Crippen LogP contribution in [0.2, 0.25) is 0 Å². The monoisotopic (exact) mass is 192 g/mol. The van der Waals surface area contributed by atoms with E-state index < -0.39 is 5.91 Å². The maximum atomic E-state index is 11.1. The molecule has 14 heavy (non-hydrogen) atoms. The number of hydrogen-bond donors (Lipinski definition) is 2. The zero-order chi connectivity index (χ0) is 10.4. The van der Waals surface area contributed by atoms with Crippen LogP contribution in [0.3, 0.4) is 0 Å². The van der Waals surface area contributed by atoms with Gasteiger partial charge in [0.15, 0.2) is 5.76 Å². The average Bonchev–Trinajstić information content (AvgIpc) is 2.26. The molecule has 1 amide bonds. The Kier molecular flexibility index (Phi) is 3.69. The summed E-state index contributed by atoms with van der Waals surface area (Å²) in [6, 6.07) is 9.37. The molecule has 74 valence electrons. The maximum absolute atomic E-state index is 11.1. The van der Waals surface area contributed by atoms with Gasteiger partial charge in [-0.25, -0.2) is 5.84 Å². The number of nitrogens with one attached hydrogen (secondary N) is 1. The van der Waals surface area contributed by atoms with Gasteiger partial charge in [-0.3, -0.25) is 10.2 Å². The third kappa shape index (κ3) is 2.60.